The van der Waals surface area contributed by atoms with Gasteiger partial charge in [-0.3, -0.25) is 0 Å². The van der Waals surface area contributed by atoms with Crippen LogP contribution in [0.2, 0.25) is 0 Å². The third-order valence-corrected chi connectivity index (χ3v) is 2.37. The van der Waals surface area contributed by atoms with E-state index in [9.17, 15) is 10.1 Å². The van der Waals surface area contributed by atoms with Crippen LogP contribution in [0.3, 0.4) is 0 Å². The van der Waals surface area contributed by atoms with Gasteiger partial charge in [0.05, 0.1) is 0 Å². The fourth-order valence-corrected chi connectivity index (χ4v) is 1.74. The third-order valence-electron chi connectivity index (χ3n) is 2.37. The van der Waals surface area contributed by atoms with Gasteiger partial charge in [-0.2, -0.15) is 4.98 Å². The van der Waals surface area contributed by atoms with Gasteiger partial charge >= 0.3 is 5.82 Å². The maximum Gasteiger partial charge on any atom is 0.365 e. The summed E-state index contributed by atoms with van der Waals surface area (Å²) in [5, 5.41) is 10.7. The molecule has 1 aromatic rings. The molecule has 0 saturated carbocycles. The van der Waals surface area contributed by atoms with E-state index in [1.807, 2.05) is 4.90 Å². The van der Waals surface area contributed by atoms with E-state index in [0.717, 1.165) is 25.9 Å². The quantitative estimate of drug-likeness (QED) is 0.570. The van der Waals surface area contributed by atoms with E-state index < -0.39 is 4.92 Å². The second-order valence-electron chi connectivity index (χ2n) is 3.45. The van der Waals surface area contributed by atoms with Gasteiger partial charge in [-0.1, -0.05) is 0 Å². The Hall–Kier alpha value is -1.59. The molecule has 2 rings (SSSR count). The monoisotopic (exact) mass is 196 g/mol. The smallest absolute Gasteiger partial charge is 0.358 e. The predicted molar refractivity (Wildman–Crippen MR) is 51.4 cm³/mol. The molecule has 1 saturated heterocycles. The second kappa shape index (κ2) is 3.28. The summed E-state index contributed by atoms with van der Waals surface area (Å²) in [7, 11) is 0. The fraction of sp³-hybridized carbons (Fsp3) is 0.625. The first-order chi connectivity index (χ1) is 6.68. The number of nitrogens with zero attached hydrogens (tertiary/aromatic N) is 3. The van der Waals surface area contributed by atoms with Crippen molar-refractivity contribution in [1.82, 2.24) is 9.97 Å². The third kappa shape index (κ3) is 1.43. The Morgan fingerprint density at radius 2 is 2.14 bits per heavy atom. The minimum Gasteiger partial charge on any atom is -0.358 e. The van der Waals surface area contributed by atoms with Crippen LogP contribution in [0, 0.1) is 17.0 Å². The summed E-state index contributed by atoms with van der Waals surface area (Å²) in [6, 6.07) is 0. The van der Waals surface area contributed by atoms with Crippen molar-refractivity contribution in [3.8, 4) is 0 Å². The number of nitro groups is 1. The minimum absolute atomic E-state index is 0.0180. The van der Waals surface area contributed by atoms with Crippen LogP contribution in [0.15, 0.2) is 0 Å². The number of aromatic nitrogens is 2. The van der Waals surface area contributed by atoms with Crippen molar-refractivity contribution in [2.45, 2.75) is 19.8 Å². The van der Waals surface area contributed by atoms with Crippen LogP contribution in [0.1, 0.15) is 18.7 Å². The molecule has 6 nitrogen and oxygen atoms in total. The van der Waals surface area contributed by atoms with Gasteiger partial charge in [-0.05, 0) is 17.8 Å². The number of H-pyrrole nitrogens is 1. The van der Waals surface area contributed by atoms with E-state index >= 15 is 0 Å². The van der Waals surface area contributed by atoms with E-state index in [1.165, 1.54) is 0 Å². The number of rotatable bonds is 2. The number of imidazole rings is 1. The highest BCUT2D eigenvalue weighted by molar-refractivity contribution is 5.54. The van der Waals surface area contributed by atoms with Crippen LogP contribution in [0.5, 0.6) is 0 Å². The fourth-order valence-electron chi connectivity index (χ4n) is 1.74. The summed E-state index contributed by atoms with van der Waals surface area (Å²) in [6.45, 7) is 3.46. The highest BCUT2D eigenvalue weighted by Crippen LogP contribution is 2.27. The van der Waals surface area contributed by atoms with Crippen molar-refractivity contribution >= 4 is 11.6 Å². The van der Waals surface area contributed by atoms with Crippen LogP contribution in [-0.2, 0) is 0 Å². The molecule has 76 valence electrons. The lowest BCUT2D eigenvalue weighted by Crippen LogP contribution is -2.19. The molecular formula is C8H12N4O2. The van der Waals surface area contributed by atoms with Gasteiger partial charge in [0.25, 0.3) is 0 Å². The van der Waals surface area contributed by atoms with Crippen LogP contribution < -0.4 is 4.90 Å². The van der Waals surface area contributed by atoms with Gasteiger partial charge in [0, 0.05) is 20.0 Å². The molecule has 6 heteroatoms. The molecule has 0 aliphatic carbocycles. The number of nitrogens with one attached hydrogen (secondary N) is 1. The van der Waals surface area contributed by atoms with Gasteiger partial charge in [0.15, 0.2) is 5.82 Å². The SMILES string of the molecule is Cc1nc(N2CCCC2)c([N+](=O)[O-])[nH]1. The number of anilines is 1. The number of aryl methyl sites for hydroxylation is 1. The summed E-state index contributed by atoms with van der Waals surface area (Å²) in [5.74, 6) is 1.10. The zero-order valence-electron chi connectivity index (χ0n) is 7.99. The average molecular weight is 196 g/mol. The lowest BCUT2D eigenvalue weighted by Gasteiger charge is -2.12. The number of hydrogen-bond donors (Lipinski definition) is 1. The molecule has 1 aliphatic rings. The van der Waals surface area contributed by atoms with Gasteiger partial charge < -0.3 is 15.0 Å². The van der Waals surface area contributed by atoms with Gasteiger partial charge in [-0.25, -0.2) is 4.98 Å². The molecule has 0 amide bonds. The zero-order valence-corrected chi connectivity index (χ0v) is 7.99. The summed E-state index contributed by atoms with van der Waals surface area (Å²) in [6.07, 6.45) is 2.17. The summed E-state index contributed by atoms with van der Waals surface area (Å²) < 4.78 is 0. The number of aromatic amines is 1. The molecule has 1 fully saturated rings. The van der Waals surface area contributed by atoms with Gasteiger partial charge in [0.1, 0.15) is 0 Å². The normalized spacial score (nSPS) is 16.2. The van der Waals surface area contributed by atoms with E-state index in [4.69, 9.17) is 0 Å². The molecular weight excluding hydrogens is 184 g/mol. The van der Waals surface area contributed by atoms with E-state index in [1.54, 1.807) is 6.92 Å². The van der Waals surface area contributed by atoms with E-state index in [0.29, 0.717) is 11.6 Å². The van der Waals surface area contributed by atoms with Crippen LogP contribution >= 0.6 is 0 Å². The maximum absolute atomic E-state index is 10.7. The first kappa shape index (κ1) is 8.98. The molecule has 0 radical (unpaired) electrons. The summed E-state index contributed by atoms with van der Waals surface area (Å²) in [4.78, 5) is 19.1. The summed E-state index contributed by atoms with van der Waals surface area (Å²) in [5.41, 5.74) is 0. The molecule has 1 N–H and O–H groups in total. The Bertz CT molecular complexity index is 354. The Labute approximate surface area is 81.1 Å². The zero-order chi connectivity index (χ0) is 10.1. The predicted octanol–water partition coefficient (Wildman–Crippen LogP) is 1.23. The topological polar surface area (TPSA) is 75.1 Å². The highest BCUT2D eigenvalue weighted by atomic mass is 16.6. The molecule has 0 atom stereocenters. The first-order valence-corrected chi connectivity index (χ1v) is 4.64. The second-order valence-corrected chi connectivity index (χ2v) is 3.45. The van der Waals surface area contributed by atoms with E-state index in [-0.39, 0.29) is 5.82 Å². The molecule has 0 aromatic carbocycles. The van der Waals surface area contributed by atoms with Crippen molar-refractivity contribution in [1.29, 1.82) is 0 Å². The van der Waals surface area contributed by atoms with Crippen LogP contribution in [0.4, 0.5) is 11.6 Å². The standard InChI is InChI=1S/C8H12N4O2/c1-6-9-7(8(10-6)12(13)14)11-4-2-3-5-11/h2-5H2,1H3,(H,9,10). The Kier molecular flexibility index (Phi) is 2.11. The molecule has 14 heavy (non-hydrogen) atoms. The molecule has 2 heterocycles. The summed E-state index contributed by atoms with van der Waals surface area (Å²) >= 11 is 0. The molecule has 1 aromatic heterocycles. The van der Waals surface area contributed by atoms with Crippen molar-refractivity contribution in [2.75, 3.05) is 18.0 Å². The Morgan fingerprint density at radius 1 is 1.50 bits per heavy atom. The van der Waals surface area contributed by atoms with Crippen LogP contribution in [-0.4, -0.2) is 28.0 Å². The van der Waals surface area contributed by atoms with Crippen molar-refractivity contribution in [3.63, 3.8) is 0 Å². The number of hydrogen-bond acceptors (Lipinski definition) is 4. The molecule has 0 spiro atoms. The van der Waals surface area contributed by atoms with Crippen molar-refractivity contribution in [2.24, 2.45) is 0 Å². The van der Waals surface area contributed by atoms with E-state index in [2.05, 4.69) is 9.97 Å². The Morgan fingerprint density at radius 3 is 2.71 bits per heavy atom. The average Bonchev–Trinajstić information content (AvgIpc) is 2.70. The molecule has 0 bridgehead atoms. The van der Waals surface area contributed by atoms with Crippen molar-refractivity contribution in [3.05, 3.63) is 15.9 Å². The van der Waals surface area contributed by atoms with Crippen molar-refractivity contribution < 1.29 is 4.92 Å². The molecule has 0 unspecified atom stereocenters. The highest BCUT2D eigenvalue weighted by Gasteiger charge is 2.25. The van der Waals surface area contributed by atoms with Gasteiger partial charge in [0.2, 0.25) is 5.82 Å². The van der Waals surface area contributed by atoms with Crippen LogP contribution in [0.25, 0.3) is 0 Å². The van der Waals surface area contributed by atoms with Gasteiger partial charge in [-0.15, -0.1) is 0 Å². The lowest BCUT2D eigenvalue weighted by atomic mass is 10.4. The largest absolute Gasteiger partial charge is 0.365 e. The Balaban J connectivity index is 2.35. The molecule has 1 aliphatic heterocycles. The maximum atomic E-state index is 10.7. The minimum atomic E-state index is -0.409. The first-order valence-electron chi connectivity index (χ1n) is 4.64. The lowest BCUT2D eigenvalue weighted by molar-refractivity contribution is -0.388.